The van der Waals surface area contributed by atoms with Crippen LogP contribution in [0.4, 0.5) is 0 Å². The maximum absolute atomic E-state index is 12.5. The quantitative estimate of drug-likeness (QED) is 0.807. The molecule has 1 N–H and O–H groups in total. The highest BCUT2D eigenvalue weighted by atomic mass is 16.2. The van der Waals surface area contributed by atoms with Crippen molar-refractivity contribution < 1.29 is 4.79 Å². The lowest BCUT2D eigenvalue weighted by atomic mass is 9.97. The zero-order chi connectivity index (χ0) is 12.5. The van der Waals surface area contributed by atoms with Crippen molar-refractivity contribution in [2.24, 2.45) is 0 Å². The first kappa shape index (κ1) is 12.4. The highest BCUT2D eigenvalue weighted by Gasteiger charge is 2.36. The molecule has 4 nitrogen and oxygen atoms in total. The fraction of sp³-hybridized carbons (Fsp3) is 0.929. The third kappa shape index (κ3) is 2.69. The van der Waals surface area contributed by atoms with Crippen molar-refractivity contribution in [3.63, 3.8) is 0 Å². The Morgan fingerprint density at radius 3 is 2.44 bits per heavy atom. The van der Waals surface area contributed by atoms with Gasteiger partial charge in [-0.05, 0) is 58.7 Å². The monoisotopic (exact) mass is 251 g/mol. The van der Waals surface area contributed by atoms with Crippen LogP contribution in [0.5, 0.6) is 0 Å². The molecule has 0 aromatic carbocycles. The Bertz CT molecular complexity index is 308. The SMILES string of the molecule is CN1CCC(N2CCCC(NC3CC3)C2=O)CC1. The molecule has 3 rings (SSSR count). The van der Waals surface area contributed by atoms with Gasteiger partial charge in [0.25, 0.3) is 0 Å². The van der Waals surface area contributed by atoms with E-state index in [0.29, 0.717) is 18.0 Å². The summed E-state index contributed by atoms with van der Waals surface area (Å²) in [5, 5.41) is 3.52. The van der Waals surface area contributed by atoms with Crippen molar-refractivity contribution in [1.82, 2.24) is 15.1 Å². The number of likely N-dealkylation sites (tertiary alicyclic amines) is 2. The number of hydrogen-bond acceptors (Lipinski definition) is 3. The topological polar surface area (TPSA) is 35.6 Å². The van der Waals surface area contributed by atoms with Crippen LogP contribution in [-0.2, 0) is 4.79 Å². The summed E-state index contributed by atoms with van der Waals surface area (Å²) in [6.07, 6.45) is 7.04. The largest absolute Gasteiger partial charge is 0.338 e. The Kier molecular flexibility index (Phi) is 3.57. The average Bonchev–Trinajstić information content (AvgIpc) is 3.17. The van der Waals surface area contributed by atoms with E-state index in [1.807, 2.05) is 0 Å². The molecule has 1 amide bonds. The van der Waals surface area contributed by atoms with E-state index in [1.54, 1.807) is 0 Å². The molecule has 1 unspecified atom stereocenters. The molecule has 0 spiro atoms. The van der Waals surface area contributed by atoms with Crippen LogP contribution in [-0.4, -0.2) is 60.5 Å². The normalized spacial score (nSPS) is 31.9. The Morgan fingerprint density at radius 2 is 1.78 bits per heavy atom. The number of nitrogens with zero attached hydrogens (tertiary/aromatic N) is 2. The van der Waals surface area contributed by atoms with Gasteiger partial charge in [0.2, 0.25) is 5.91 Å². The molecule has 0 radical (unpaired) electrons. The first-order valence-electron chi connectivity index (χ1n) is 7.49. The Balaban J connectivity index is 1.58. The standard InChI is InChI=1S/C14H25N3O/c1-16-9-6-12(7-10-16)17-8-2-3-13(14(17)18)15-11-4-5-11/h11-13,15H,2-10H2,1H3. The van der Waals surface area contributed by atoms with Crippen molar-refractivity contribution >= 4 is 5.91 Å². The van der Waals surface area contributed by atoms with E-state index in [0.717, 1.165) is 38.9 Å². The molecule has 1 aliphatic carbocycles. The molecule has 2 saturated heterocycles. The molecule has 4 heteroatoms. The Labute approximate surface area is 110 Å². The second-order valence-electron chi connectivity index (χ2n) is 6.20. The van der Waals surface area contributed by atoms with Gasteiger partial charge in [0.15, 0.2) is 0 Å². The fourth-order valence-corrected chi connectivity index (χ4v) is 3.26. The fourth-order valence-electron chi connectivity index (χ4n) is 3.26. The minimum absolute atomic E-state index is 0.117. The number of nitrogens with one attached hydrogen (secondary N) is 1. The number of amides is 1. The molecule has 0 bridgehead atoms. The second-order valence-corrected chi connectivity index (χ2v) is 6.20. The van der Waals surface area contributed by atoms with Crippen molar-refractivity contribution in [3.8, 4) is 0 Å². The number of rotatable bonds is 3. The van der Waals surface area contributed by atoms with Gasteiger partial charge in [0, 0.05) is 18.6 Å². The van der Waals surface area contributed by atoms with Crippen LogP contribution in [0.15, 0.2) is 0 Å². The van der Waals surface area contributed by atoms with Crippen molar-refractivity contribution in [2.45, 2.75) is 56.7 Å². The molecule has 0 aromatic rings. The molecular weight excluding hydrogens is 226 g/mol. The van der Waals surface area contributed by atoms with E-state index < -0.39 is 0 Å². The number of carbonyl (C=O) groups excluding carboxylic acids is 1. The van der Waals surface area contributed by atoms with Gasteiger partial charge in [0.05, 0.1) is 6.04 Å². The average molecular weight is 251 g/mol. The third-order valence-corrected chi connectivity index (χ3v) is 4.62. The van der Waals surface area contributed by atoms with Gasteiger partial charge in [-0.15, -0.1) is 0 Å². The van der Waals surface area contributed by atoms with E-state index in [1.165, 1.54) is 19.3 Å². The summed E-state index contributed by atoms with van der Waals surface area (Å²) in [6, 6.07) is 1.25. The van der Waals surface area contributed by atoms with Crippen LogP contribution in [0.2, 0.25) is 0 Å². The van der Waals surface area contributed by atoms with E-state index >= 15 is 0 Å². The van der Waals surface area contributed by atoms with E-state index in [-0.39, 0.29) is 6.04 Å². The van der Waals surface area contributed by atoms with Gasteiger partial charge < -0.3 is 15.1 Å². The predicted octanol–water partition coefficient (Wildman–Crippen LogP) is 0.824. The van der Waals surface area contributed by atoms with E-state index in [2.05, 4.69) is 22.2 Å². The van der Waals surface area contributed by atoms with Crippen LogP contribution in [0.1, 0.15) is 38.5 Å². The molecule has 1 atom stereocenters. The van der Waals surface area contributed by atoms with Crippen molar-refractivity contribution in [2.75, 3.05) is 26.7 Å². The minimum Gasteiger partial charge on any atom is -0.338 e. The van der Waals surface area contributed by atoms with Gasteiger partial charge in [-0.2, -0.15) is 0 Å². The third-order valence-electron chi connectivity index (χ3n) is 4.62. The molecule has 1 saturated carbocycles. The lowest BCUT2D eigenvalue weighted by molar-refractivity contribution is -0.139. The molecule has 2 aliphatic heterocycles. The molecule has 2 heterocycles. The first-order valence-corrected chi connectivity index (χ1v) is 7.49. The summed E-state index contributed by atoms with van der Waals surface area (Å²) in [6.45, 7) is 3.25. The van der Waals surface area contributed by atoms with Crippen LogP contribution in [0.3, 0.4) is 0 Å². The summed E-state index contributed by atoms with van der Waals surface area (Å²) in [4.78, 5) is 17.1. The lowest BCUT2D eigenvalue weighted by Crippen LogP contribution is -2.56. The first-order chi connectivity index (χ1) is 8.74. The summed E-state index contributed by atoms with van der Waals surface area (Å²) in [5.41, 5.74) is 0. The number of carbonyl (C=O) groups is 1. The lowest BCUT2D eigenvalue weighted by Gasteiger charge is -2.41. The number of hydrogen-bond donors (Lipinski definition) is 1. The van der Waals surface area contributed by atoms with Gasteiger partial charge in [-0.25, -0.2) is 0 Å². The molecule has 3 fully saturated rings. The zero-order valence-corrected chi connectivity index (χ0v) is 11.4. The summed E-state index contributed by atoms with van der Waals surface area (Å²) in [7, 11) is 2.17. The number of piperidine rings is 2. The summed E-state index contributed by atoms with van der Waals surface area (Å²) >= 11 is 0. The van der Waals surface area contributed by atoms with Crippen molar-refractivity contribution in [3.05, 3.63) is 0 Å². The summed E-state index contributed by atoms with van der Waals surface area (Å²) < 4.78 is 0. The molecule has 0 aromatic heterocycles. The second kappa shape index (κ2) is 5.17. The van der Waals surface area contributed by atoms with E-state index in [9.17, 15) is 4.79 Å². The predicted molar refractivity (Wildman–Crippen MR) is 71.4 cm³/mol. The maximum Gasteiger partial charge on any atom is 0.239 e. The van der Waals surface area contributed by atoms with Crippen LogP contribution in [0.25, 0.3) is 0 Å². The van der Waals surface area contributed by atoms with Gasteiger partial charge in [0.1, 0.15) is 0 Å². The molecule has 18 heavy (non-hydrogen) atoms. The van der Waals surface area contributed by atoms with Gasteiger partial charge in [-0.3, -0.25) is 4.79 Å². The van der Waals surface area contributed by atoms with Crippen molar-refractivity contribution in [1.29, 1.82) is 0 Å². The highest BCUT2D eigenvalue weighted by molar-refractivity contribution is 5.83. The van der Waals surface area contributed by atoms with Gasteiger partial charge in [-0.1, -0.05) is 0 Å². The van der Waals surface area contributed by atoms with E-state index in [4.69, 9.17) is 0 Å². The van der Waals surface area contributed by atoms with Crippen LogP contribution in [0, 0.1) is 0 Å². The molecule has 102 valence electrons. The smallest absolute Gasteiger partial charge is 0.239 e. The zero-order valence-electron chi connectivity index (χ0n) is 11.4. The van der Waals surface area contributed by atoms with Crippen LogP contribution < -0.4 is 5.32 Å². The highest BCUT2D eigenvalue weighted by Crippen LogP contribution is 2.25. The summed E-state index contributed by atoms with van der Waals surface area (Å²) in [5.74, 6) is 0.378. The molecular formula is C14H25N3O. The maximum atomic E-state index is 12.5. The van der Waals surface area contributed by atoms with Crippen LogP contribution >= 0.6 is 0 Å². The Morgan fingerprint density at radius 1 is 1.06 bits per heavy atom. The minimum atomic E-state index is 0.117. The Hall–Kier alpha value is -0.610. The van der Waals surface area contributed by atoms with Gasteiger partial charge >= 0.3 is 0 Å². The molecule has 3 aliphatic rings.